The zero-order chi connectivity index (χ0) is 20.9. The van der Waals surface area contributed by atoms with E-state index in [1.165, 1.54) is 12.8 Å². The number of anilines is 3. The third-order valence-corrected chi connectivity index (χ3v) is 5.55. The average molecular weight is 411 g/mol. The maximum Gasteiger partial charge on any atom is 0.321 e. The summed E-state index contributed by atoms with van der Waals surface area (Å²) in [6.45, 7) is 9.48. The summed E-state index contributed by atoms with van der Waals surface area (Å²) in [7, 11) is 0. The van der Waals surface area contributed by atoms with Crippen LogP contribution in [0, 0.1) is 6.92 Å². The minimum atomic E-state index is -0.0737. The molecule has 0 atom stereocenters. The van der Waals surface area contributed by atoms with Crippen molar-refractivity contribution in [3.05, 3.63) is 36.2 Å². The first-order valence-corrected chi connectivity index (χ1v) is 10.8. The van der Waals surface area contributed by atoms with E-state index in [4.69, 9.17) is 4.74 Å². The number of urea groups is 1. The normalized spacial score (nSPS) is 16.7. The molecule has 2 saturated heterocycles. The van der Waals surface area contributed by atoms with E-state index in [1.54, 1.807) is 0 Å². The predicted octanol–water partition coefficient (Wildman–Crippen LogP) is 3.14. The number of hydrogen-bond donors (Lipinski definition) is 1. The van der Waals surface area contributed by atoms with Gasteiger partial charge in [0, 0.05) is 51.0 Å². The number of rotatable bonds is 5. The fraction of sp³-hybridized carbons (Fsp3) is 0.500. The number of piperazine rings is 1. The van der Waals surface area contributed by atoms with Crippen LogP contribution in [0.5, 0.6) is 5.75 Å². The number of amides is 2. The van der Waals surface area contributed by atoms with Crippen molar-refractivity contribution in [3.63, 3.8) is 0 Å². The van der Waals surface area contributed by atoms with Crippen LogP contribution < -0.4 is 19.9 Å². The highest BCUT2D eigenvalue weighted by molar-refractivity contribution is 5.89. The first kappa shape index (κ1) is 20.3. The van der Waals surface area contributed by atoms with Crippen molar-refractivity contribution in [2.45, 2.75) is 26.7 Å². The summed E-state index contributed by atoms with van der Waals surface area (Å²) in [5, 5.41) is 2.97. The first-order valence-electron chi connectivity index (χ1n) is 10.8. The van der Waals surface area contributed by atoms with E-state index in [9.17, 15) is 4.79 Å². The van der Waals surface area contributed by atoms with Gasteiger partial charge in [0.05, 0.1) is 6.61 Å². The molecule has 160 valence electrons. The molecule has 1 aromatic carbocycles. The fourth-order valence-electron chi connectivity index (χ4n) is 3.95. The molecule has 30 heavy (non-hydrogen) atoms. The number of ether oxygens (including phenoxy) is 1. The second-order valence-corrected chi connectivity index (χ2v) is 7.69. The van der Waals surface area contributed by atoms with Crippen molar-refractivity contribution in [1.82, 2.24) is 14.9 Å². The molecule has 2 aliphatic rings. The quantitative estimate of drug-likeness (QED) is 0.816. The van der Waals surface area contributed by atoms with E-state index < -0.39 is 0 Å². The van der Waals surface area contributed by atoms with Gasteiger partial charge in [0.15, 0.2) is 0 Å². The second-order valence-electron chi connectivity index (χ2n) is 7.69. The van der Waals surface area contributed by atoms with Crippen LogP contribution >= 0.6 is 0 Å². The zero-order valence-electron chi connectivity index (χ0n) is 17.8. The summed E-state index contributed by atoms with van der Waals surface area (Å²) >= 11 is 0. The number of hydrogen-bond acceptors (Lipinski definition) is 6. The highest BCUT2D eigenvalue weighted by atomic mass is 16.5. The van der Waals surface area contributed by atoms with Crippen LogP contribution in [0.15, 0.2) is 30.3 Å². The van der Waals surface area contributed by atoms with E-state index in [2.05, 4.69) is 31.2 Å². The summed E-state index contributed by atoms with van der Waals surface area (Å²) in [5.41, 5.74) is 0.771. The van der Waals surface area contributed by atoms with Crippen LogP contribution in [0.1, 0.15) is 25.6 Å². The van der Waals surface area contributed by atoms with Gasteiger partial charge in [-0.05, 0) is 51.0 Å². The molecule has 8 heteroatoms. The highest BCUT2D eigenvalue weighted by Gasteiger charge is 2.23. The molecule has 0 unspecified atom stereocenters. The van der Waals surface area contributed by atoms with Gasteiger partial charge in [-0.15, -0.1) is 0 Å². The SMILES string of the molecule is CCOc1ccc(NC(=O)N2CCN(c3cc(N4CCCC4)nc(C)n3)CC2)cc1. The van der Waals surface area contributed by atoms with Crippen molar-refractivity contribution in [1.29, 1.82) is 0 Å². The topological polar surface area (TPSA) is 73.8 Å². The fourth-order valence-corrected chi connectivity index (χ4v) is 3.95. The van der Waals surface area contributed by atoms with Gasteiger partial charge in [0.1, 0.15) is 23.2 Å². The van der Waals surface area contributed by atoms with Crippen molar-refractivity contribution in [3.8, 4) is 5.75 Å². The molecular formula is C22H30N6O2. The number of carbonyl (C=O) groups excluding carboxylic acids is 1. The Bertz CT molecular complexity index is 858. The number of aromatic nitrogens is 2. The summed E-state index contributed by atoms with van der Waals surface area (Å²) < 4.78 is 5.44. The number of aryl methyl sites for hydroxylation is 1. The molecule has 2 amide bonds. The smallest absolute Gasteiger partial charge is 0.321 e. The van der Waals surface area contributed by atoms with Gasteiger partial charge >= 0.3 is 6.03 Å². The Hall–Kier alpha value is -3.03. The average Bonchev–Trinajstić information content (AvgIpc) is 3.30. The lowest BCUT2D eigenvalue weighted by atomic mass is 10.3. The molecule has 2 fully saturated rings. The minimum absolute atomic E-state index is 0.0737. The second kappa shape index (κ2) is 9.19. The maximum absolute atomic E-state index is 12.6. The van der Waals surface area contributed by atoms with E-state index >= 15 is 0 Å². The van der Waals surface area contributed by atoms with Crippen molar-refractivity contribution in [2.24, 2.45) is 0 Å². The summed E-state index contributed by atoms with van der Waals surface area (Å²) in [5.74, 6) is 3.57. The number of nitrogens with zero attached hydrogens (tertiary/aromatic N) is 5. The van der Waals surface area contributed by atoms with Gasteiger partial charge in [0.25, 0.3) is 0 Å². The van der Waals surface area contributed by atoms with Crippen LogP contribution in [0.4, 0.5) is 22.1 Å². The Kier molecular flexibility index (Phi) is 6.21. The molecule has 3 heterocycles. The third-order valence-electron chi connectivity index (χ3n) is 5.55. The van der Waals surface area contributed by atoms with Crippen LogP contribution in [0.2, 0.25) is 0 Å². The number of nitrogens with one attached hydrogen (secondary N) is 1. The lowest BCUT2D eigenvalue weighted by molar-refractivity contribution is 0.208. The van der Waals surface area contributed by atoms with Crippen LogP contribution in [0.3, 0.4) is 0 Å². The zero-order valence-corrected chi connectivity index (χ0v) is 17.8. The van der Waals surface area contributed by atoms with Crippen molar-refractivity contribution >= 4 is 23.4 Å². The Balaban J connectivity index is 1.33. The molecule has 0 aliphatic carbocycles. The van der Waals surface area contributed by atoms with Crippen LogP contribution in [-0.2, 0) is 0 Å². The van der Waals surface area contributed by atoms with E-state index in [1.807, 2.05) is 43.0 Å². The number of carbonyl (C=O) groups is 1. The molecule has 2 aromatic rings. The van der Waals surface area contributed by atoms with Gasteiger partial charge in [-0.2, -0.15) is 0 Å². The van der Waals surface area contributed by atoms with Gasteiger partial charge in [-0.1, -0.05) is 0 Å². The molecular weight excluding hydrogens is 380 g/mol. The molecule has 1 N–H and O–H groups in total. The Morgan fingerprint density at radius 3 is 2.17 bits per heavy atom. The Morgan fingerprint density at radius 2 is 1.57 bits per heavy atom. The third kappa shape index (κ3) is 4.75. The monoisotopic (exact) mass is 410 g/mol. The van der Waals surface area contributed by atoms with Crippen molar-refractivity contribution < 1.29 is 9.53 Å². The largest absolute Gasteiger partial charge is 0.494 e. The van der Waals surface area contributed by atoms with Crippen LogP contribution in [-0.4, -0.2) is 66.8 Å². The first-order chi connectivity index (χ1) is 14.6. The summed E-state index contributed by atoms with van der Waals surface area (Å²) in [6.07, 6.45) is 2.45. The maximum atomic E-state index is 12.6. The highest BCUT2D eigenvalue weighted by Crippen LogP contribution is 2.23. The predicted molar refractivity (Wildman–Crippen MR) is 119 cm³/mol. The van der Waals surface area contributed by atoms with Gasteiger partial charge in [-0.25, -0.2) is 14.8 Å². The molecule has 0 radical (unpaired) electrons. The number of benzene rings is 1. The molecule has 4 rings (SSSR count). The van der Waals surface area contributed by atoms with E-state index in [0.717, 1.165) is 55.1 Å². The molecule has 0 saturated carbocycles. The summed E-state index contributed by atoms with van der Waals surface area (Å²) in [4.78, 5) is 28.3. The van der Waals surface area contributed by atoms with Gasteiger partial charge < -0.3 is 24.8 Å². The van der Waals surface area contributed by atoms with Crippen molar-refractivity contribution in [2.75, 3.05) is 61.0 Å². The van der Waals surface area contributed by atoms with Crippen LogP contribution in [0.25, 0.3) is 0 Å². The Labute approximate surface area is 177 Å². The van der Waals surface area contributed by atoms with Gasteiger partial charge in [0.2, 0.25) is 0 Å². The van der Waals surface area contributed by atoms with Gasteiger partial charge in [-0.3, -0.25) is 0 Å². The minimum Gasteiger partial charge on any atom is -0.494 e. The molecule has 0 spiro atoms. The van der Waals surface area contributed by atoms with E-state index in [-0.39, 0.29) is 6.03 Å². The molecule has 2 aliphatic heterocycles. The lowest BCUT2D eigenvalue weighted by Gasteiger charge is -2.35. The molecule has 0 bridgehead atoms. The van der Waals surface area contributed by atoms with E-state index in [0.29, 0.717) is 19.7 Å². The summed E-state index contributed by atoms with van der Waals surface area (Å²) in [6, 6.07) is 9.48. The standard InChI is InChI=1S/C22H30N6O2/c1-3-30-19-8-6-18(7-9-19)25-22(29)28-14-12-27(13-15-28)21-16-20(23-17(2)24-21)26-10-4-5-11-26/h6-9,16H,3-5,10-15H2,1-2H3,(H,25,29). The lowest BCUT2D eigenvalue weighted by Crippen LogP contribution is -2.50. The molecule has 8 nitrogen and oxygen atoms in total. The Morgan fingerprint density at radius 1 is 0.967 bits per heavy atom. The molecule has 1 aromatic heterocycles.